The summed E-state index contributed by atoms with van der Waals surface area (Å²) in [5, 5.41) is 0. The van der Waals surface area contributed by atoms with E-state index >= 15 is 0 Å². The Balaban J connectivity index is 2.27. The Kier molecular flexibility index (Phi) is 4.08. The maximum Gasteiger partial charge on any atom is 0.126 e. The smallest absolute Gasteiger partial charge is 0.126 e. The van der Waals surface area contributed by atoms with E-state index in [0.29, 0.717) is 5.92 Å². The normalized spacial score (nSPS) is 17.5. The Labute approximate surface area is 104 Å². The van der Waals surface area contributed by atoms with E-state index in [0.717, 1.165) is 30.9 Å². The molecule has 2 rings (SSSR count). The summed E-state index contributed by atoms with van der Waals surface area (Å²) in [5.74, 6) is 2.82. The molecule has 0 unspecified atom stereocenters. The van der Waals surface area contributed by atoms with Gasteiger partial charge in [-0.15, -0.1) is 0 Å². The van der Waals surface area contributed by atoms with Gasteiger partial charge < -0.3 is 10.3 Å². The van der Waals surface area contributed by atoms with Gasteiger partial charge in [0.15, 0.2) is 0 Å². The van der Waals surface area contributed by atoms with Crippen molar-refractivity contribution in [2.45, 2.75) is 71.3 Å². The van der Waals surface area contributed by atoms with Crippen molar-refractivity contribution in [1.29, 1.82) is 0 Å². The Morgan fingerprint density at radius 3 is 2.53 bits per heavy atom. The average molecular weight is 235 g/mol. The number of nitrogen functional groups attached to an aromatic ring is 1. The van der Waals surface area contributed by atoms with Crippen LogP contribution in [0.5, 0.6) is 0 Å². The Morgan fingerprint density at radius 1 is 1.24 bits per heavy atom. The SMILES string of the molecule is CCCc1nc(C2CCCCC2)n(CC)c1N. The lowest BCUT2D eigenvalue weighted by molar-refractivity contribution is 0.417. The molecule has 17 heavy (non-hydrogen) atoms. The zero-order chi connectivity index (χ0) is 12.3. The van der Waals surface area contributed by atoms with Gasteiger partial charge in [0.05, 0.1) is 5.69 Å². The second-order valence-electron chi connectivity index (χ2n) is 5.13. The maximum absolute atomic E-state index is 6.21. The summed E-state index contributed by atoms with van der Waals surface area (Å²) in [6.07, 6.45) is 8.81. The van der Waals surface area contributed by atoms with Crippen molar-refractivity contribution in [3.8, 4) is 0 Å². The molecule has 3 nitrogen and oxygen atoms in total. The first kappa shape index (κ1) is 12.5. The summed E-state index contributed by atoms with van der Waals surface area (Å²) in [7, 11) is 0. The van der Waals surface area contributed by atoms with Crippen molar-refractivity contribution in [2.24, 2.45) is 0 Å². The molecule has 1 aromatic rings. The molecule has 3 heteroatoms. The van der Waals surface area contributed by atoms with Crippen molar-refractivity contribution in [3.05, 3.63) is 11.5 Å². The van der Waals surface area contributed by atoms with Crippen LogP contribution in [0.3, 0.4) is 0 Å². The third-order valence-electron chi connectivity index (χ3n) is 3.89. The minimum Gasteiger partial charge on any atom is -0.384 e. The molecule has 1 fully saturated rings. The summed E-state index contributed by atoms with van der Waals surface area (Å²) < 4.78 is 2.24. The van der Waals surface area contributed by atoms with Crippen molar-refractivity contribution < 1.29 is 0 Å². The van der Waals surface area contributed by atoms with Gasteiger partial charge in [-0.25, -0.2) is 4.98 Å². The van der Waals surface area contributed by atoms with Crippen molar-refractivity contribution in [1.82, 2.24) is 9.55 Å². The van der Waals surface area contributed by atoms with Crippen LogP contribution in [-0.4, -0.2) is 9.55 Å². The predicted molar refractivity (Wildman–Crippen MR) is 72.1 cm³/mol. The summed E-state index contributed by atoms with van der Waals surface area (Å²) in [5.41, 5.74) is 7.33. The van der Waals surface area contributed by atoms with E-state index in [1.807, 2.05) is 0 Å². The summed E-state index contributed by atoms with van der Waals surface area (Å²) >= 11 is 0. The second kappa shape index (κ2) is 5.56. The van der Waals surface area contributed by atoms with Crippen LogP contribution in [0.25, 0.3) is 0 Å². The molecular formula is C14H25N3. The number of hydrogen-bond donors (Lipinski definition) is 1. The fourth-order valence-electron chi connectivity index (χ4n) is 2.96. The molecule has 1 heterocycles. The molecule has 1 aliphatic rings. The molecule has 96 valence electrons. The number of aryl methyl sites for hydroxylation is 1. The van der Waals surface area contributed by atoms with Crippen LogP contribution < -0.4 is 5.73 Å². The first-order valence-electron chi connectivity index (χ1n) is 7.12. The van der Waals surface area contributed by atoms with E-state index in [2.05, 4.69) is 18.4 Å². The number of anilines is 1. The second-order valence-corrected chi connectivity index (χ2v) is 5.13. The van der Waals surface area contributed by atoms with Gasteiger partial charge in [0.1, 0.15) is 11.6 Å². The minimum absolute atomic E-state index is 0.650. The maximum atomic E-state index is 6.21. The van der Waals surface area contributed by atoms with Crippen LogP contribution in [-0.2, 0) is 13.0 Å². The highest BCUT2D eigenvalue weighted by molar-refractivity contribution is 5.39. The van der Waals surface area contributed by atoms with Gasteiger partial charge in [-0.2, -0.15) is 0 Å². The number of hydrogen-bond acceptors (Lipinski definition) is 2. The van der Waals surface area contributed by atoms with Gasteiger partial charge >= 0.3 is 0 Å². The van der Waals surface area contributed by atoms with E-state index in [-0.39, 0.29) is 0 Å². The quantitative estimate of drug-likeness (QED) is 0.868. The Bertz CT molecular complexity index is 362. The zero-order valence-electron chi connectivity index (χ0n) is 11.2. The molecule has 0 saturated heterocycles. The molecule has 0 aromatic carbocycles. The number of nitrogens with two attached hydrogens (primary N) is 1. The highest BCUT2D eigenvalue weighted by Gasteiger charge is 2.23. The number of imidazole rings is 1. The molecule has 0 aliphatic heterocycles. The monoisotopic (exact) mass is 235 g/mol. The molecule has 2 N–H and O–H groups in total. The molecule has 1 aliphatic carbocycles. The van der Waals surface area contributed by atoms with Crippen LogP contribution in [0, 0.1) is 0 Å². The van der Waals surface area contributed by atoms with Gasteiger partial charge in [-0.3, -0.25) is 0 Å². The fraction of sp³-hybridized carbons (Fsp3) is 0.786. The lowest BCUT2D eigenvalue weighted by Crippen LogP contribution is -2.12. The topological polar surface area (TPSA) is 43.8 Å². The number of aromatic nitrogens is 2. The number of nitrogens with zero attached hydrogens (tertiary/aromatic N) is 2. The van der Waals surface area contributed by atoms with Crippen LogP contribution in [0.2, 0.25) is 0 Å². The van der Waals surface area contributed by atoms with E-state index in [1.165, 1.54) is 37.9 Å². The molecule has 0 radical (unpaired) electrons. The van der Waals surface area contributed by atoms with E-state index in [4.69, 9.17) is 10.7 Å². The molecule has 1 aromatic heterocycles. The lowest BCUT2D eigenvalue weighted by atomic mass is 9.88. The largest absolute Gasteiger partial charge is 0.384 e. The summed E-state index contributed by atoms with van der Waals surface area (Å²) in [6, 6.07) is 0. The van der Waals surface area contributed by atoms with E-state index in [9.17, 15) is 0 Å². The Morgan fingerprint density at radius 2 is 1.94 bits per heavy atom. The van der Waals surface area contributed by atoms with Gasteiger partial charge in [0.25, 0.3) is 0 Å². The lowest BCUT2D eigenvalue weighted by Gasteiger charge is -2.21. The third-order valence-corrected chi connectivity index (χ3v) is 3.89. The van der Waals surface area contributed by atoms with Crippen LogP contribution in [0.15, 0.2) is 0 Å². The highest BCUT2D eigenvalue weighted by atomic mass is 15.1. The first-order valence-corrected chi connectivity index (χ1v) is 7.12. The average Bonchev–Trinajstić information content (AvgIpc) is 2.68. The van der Waals surface area contributed by atoms with Gasteiger partial charge in [-0.05, 0) is 26.2 Å². The number of rotatable bonds is 4. The molecule has 0 amide bonds. The van der Waals surface area contributed by atoms with E-state index < -0.39 is 0 Å². The summed E-state index contributed by atoms with van der Waals surface area (Å²) in [6.45, 7) is 5.30. The summed E-state index contributed by atoms with van der Waals surface area (Å²) in [4.78, 5) is 4.83. The molecule has 1 saturated carbocycles. The minimum atomic E-state index is 0.650. The van der Waals surface area contributed by atoms with Crippen LogP contribution in [0.1, 0.15) is 69.8 Å². The van der Waals surface area contributed by atoms with Gasteiger partial charge in [0.2, 0.25) is 0 Å². The highest BCUT2D eigenvalue weighted by Crippen LogP contribution is 2.34. The molecule has 0 bridgehead atoms. The van der Waals surface area contributed by atoms with Crippen LogP contribution in [0.4, 0.5) is 5.82 Å². The van der Waals surface area contributed by atoms with Crippen LogP contribution >= 0.6 is 0 Å². The van der Waals surface area contributed by atoms with Crippen molar-refractivity contribution >= 4 is 5.82 Å². The van der Waals surface area contributed by atoms with Crippen molar-refractivity contribution in [3.63, 3.8) is 0 Å². The van der Waals surface area contributed by atoms with Gasteiger partial charge in [-0.1, -0.05) is 32.6 Å². The first-order chi connectivity index (χ1) is 8.27. The van der Waals surface area contributed by atoms with Crippen molar-refractivity contribution in [2.75, 3.05) is 5.73 Å². The standard InChI is InChI=1S/C14H25N3/c1-3-8-12-13(15)17(4-2)14(16-12)11-9-6-5-7-10-11/h11H,3-10,15H2,1-2H3. The third kappa shape index (κ3) is 2.48. The predicted octanol–water partition coefficient (Wildman–Crippen LogP) is 3.49. The zero-order valence-corrected chi connectivity index (χ0v) is 11.2. The Hall–Kier alpha value is -0.990. The molecule has 0 atom stereocenters. The van der Waals surface area contributed by atoms with Gasteiger partial charge in [0, 0.05) is 12.5 Å². The fourth-order valence-corrected chi connectivity index (χ4v) is 2.96. The molecular weight excluding hydrogens is 210 g/mol. The molecule has 0 spiro atoms. The van der Waals surface area contributed by atoms with E-state index in [1.54, 1.807) is 0 Å².